The first-order valence-electron chi connectivity index (χ1n) is 9.91. The second kappa shape index (κ2) is 9.72. The summed E-state index contributed by atoms with van der Waals surface area (Å²) in [6.07, 6.45) is -3.83. The predicted molar refractivity (Wildman–Crippen MR) is 110 cm³/mol. The molecule has 0 aromatic heterocycles. The molecule has 1 aliphatic rings. The average Bonchev–Trinajstić information content (AvgIpc) is 3.03. The maximum absolute atomic E-state index is 12.9. The molecule has 2 aromatic rings. The summed E-state index contributed by atoms with van der Waals surface area (Å²) in [7, 11) is 1.51. The van der Waals surface area contributed by atoms with E-state index in [4.69, 9.17) is 4.74 Å². The van der Waals surface area contributed by atoms with Crippen molar-refractivity contribution in [3.63, 3.8) is 0 Å². The van der Waals surface area contributed by atoms with Crippen molar-refractivity contribution in [1.82, 2.24) is 9.80 Å². The molecule has 2 amide bonds. The zero-order valence-corrected chi connectivity index (χ0v) is 17.1. The number of amides is 2. The van der Waals surface area contributed by atoms with E-state index in [1.54, 1.807) is 34.1 Å². The summed E-state index contributed by atoms with van der Waals surface area (Å²) in [5.41, 5.74) is -0.0767. The second-order valence-electron chi connectivity index (χ2n) is 7.16. The van der Waals surface area contributed by atoms with E-state index in [2.05, 4.69) is 5.32 Å². The zero-order valence-electron chi connectivity index (χ0n) is 17.1. The van der Waals surface area contributed by atoms with Gasteiger partial charge in [-0.3, -0.25) is 9.59 Å². The van der Waals surface area contributed by atoms with Crippen molar-refractivity contribution in [2.75, 3.05) is 45.2 Å². The Morgan fingerprint density at radius 3 is 2.45 bits per heavy atom. The van der Waals surface area contributed by atoms with Crippen LogP contribution in [0.4, 0.5) is 18.9 Å². The number of alkyl halides is 3. The maximum Gasteiger partial charge on any atom is 0.416 e. The smallest absolute Gasteiger partial charge is 0.416 e. The number of para-hydroxylation sites is 1. The lowest BCUT2D eigenvalue weighted by Gasteiger charge is -2.23. The highest BCUT2D eigenvalue weighted by atomic mass is 19.4. The molecule has 3 rings (SSSR count). The molecule has 31 heavy (non-hydrogen) atoms. The minimum atomic E-state index is -4.44. The highest BCUT2D eigenvalue weighted by Crippen LogP contribution is 2.30. The van der Waals surface area contributed by atoms with Crippen molar-refractivity contribution < 1.29 is 27.5 Å². The fraction of sp³-hybridized carbons (Fsp3) is 0.364. The lowest BCUT2D eigenvalue weighted by Crippen LogP contribution is -2.39. The summed E-state index contributed by atoms with van der Waals surface area (Å²) >= 11 is 0. The van der Waals surface area contributed by atoms with Crippen LogP contribution in [0.5, 0.6) is 5.75 Å². The van der Waals surface area contributed by atoms with Crippen molar-refractivity contribution in [3.05, 3.63) is 59.7 Å². The number of nitrogens with zero attached hydrogens (tertiary/aromatic N) is 2. The van der Waals surface area contributed by atoms with Crippen LogP contribution in [0.2, 0.25) is 0 Å². The van der Waals surface area contributed by atoms with Crippen molar-refractivity contribution in [1.29, 1.82) is 0 Å². The molecular weight excluding hydrogens is 411 g/mol. The van der Waals surface area contributed by atoms with Gasteiger partial charge in [-0.1, -0.05) is 18.2 Å². The van der Waals surface area contributed by atoms with Crippen molar-refractivity contribution in [3.8, 4) is 5.75 Å². The Bertz CT molecular complexity index is 933. The third-order valence-corrected chi connectivity index (χ3v) is 5.11. The van der Waals surface area contributed by atoms with Gasteiger partial charge in [-0.25, -0.2) is 0 Å². The quantitative estimate of drug-likeness (QED) is 0.781. The van der Waals surface area contributed by atoms with Gasteiger partial charge in [-0.2, -0.15) is 13.2 Å². The molecule has 0 aliphatic carbocycles. The number of hydrogen-bond acceptors (Lipinski definition) is 4. The molecule has 0 saturated carbocycles. The summed E-state index contributed by atoms with van der Waals surface area (Å²) in [4.78, 5) is 28.7. The Balaban J connectivity index is 1.57. The SMILES string of the molecule is COc1ccccc1C(=O)N1CCCN(C(=O)CNc2cccc(C(F)(F)F)c2)CC1. The number of hydrogen-bond donors (Lipinski definition) is 1. The molecule has 0 unspecified atom stereocenters. The lowest BCUT2D eigenvalue weighted by molar-refractivity contribution is -0.137. The van der Waals surface area contributed by atoms with Crippen molar-refractivity contribution in [2.24, 2.45) is 0 Å². The molecule has 1 saturated heterocycles. The summed E-state index contributed by atoms with van der Waals surface area (Å²) in [5.74, 6) is 0.104. The van der Waals surface area contributed by atoms with Crippen molar-refractivity contribution >= 4 is 17.5 Å². The van der Waals surface area contributed by atoms with Crippen LogP contribution >= 0.6 is 0 Å². The maximum atomic E-state index is 12.9. The van der Waals surface area contributed by atoms with Gasteiger partial charge in [0, 0.05) is 31.9 Å². The van der Waals surface area contributed by atoms with Crippen LogP contribution in [0, 0.1) is 0 Å². The van der Waals surface area contributed by atoms with Crippen LogP contribution in [-0.4, -0.2) is 61.4 Å². The zero-order chi connectivity index (χ0) is 22.4. The van der Waals surface area contributed by atoms with Gasteiger partial charge in [0.1, 0.15) is 5.75 Å². The van der Waals surface area contributed by atoms with Gasteiger partial charge in [0.05, 0.1) is 24.8 Å². The Labute approximate surface area is 178 Å². The minimum Gasteiger partial charge on any atom is -0.496 e. The van der Waals surface area contributed by atoms with E-state index in [0.29, 0.717) is 43.9 Å². The van der Waals surface area contributed by atoms with Crippen LogP contribution in [0.3, 0.4) is 0 Å². The van der Waals surface area contributed by atoms with Gasteiger partial charge < -0.3 is 19.9 Å². The third kappa shape index (κ3) is 5.68. The van der Waals surface area contributed by atoms with Crippen LogP contribution in [0.1, 0.15) is 22.3 Å². The van der Waals surface area contributed by atoms with Crippen LogP contribution < -0.4 is 10.1 Å². The van der Waals surface area contributed by atoms with Gasteiger partial charge in [0.15, 0.2) is 0 Å². The topological polar surface area (TPSA) is 61.9 Å². The number of rotatable bonds is 5. The third-order valence-electron chi connectivity index (χ3n) is 5.11. The number of nitrogens with one attached hydrogen (secondary N) is 1. The Kier molecular flexibility index (Phi) is 7.04. The highest BCUT2D eigenvalue weighted by Gasteiger charge is 2.30. The largest absolute Gasteiger partial charge is 0.496 e. The van der Waals surface area contributed by atoms with E-state index in [0.717, 1.165) is 12.1 Å². The van der Waals surface area contributed by atoms with Gasteiger partial charge >= 0.3 is 6.18 Å². The number of ether oxygens (including phenoxy) is 1. The van der Waals surface area contributed by atoms with Gasteiger partial charge in [0.2, 0.25) is 5.91 Å². The summed E-state index contributed by atoms with van der Waals surface area (Å²) in [5, 5.41) is 2.76. The van der Waals surface area contributed by atoms with E-state index in [1.165, 1.54) is 19.2 Å². The number of benzene rings is 2. The molecule has 1 aliphatic heterocycles. The fourth-order valence-corrected chi connectivity index (χ4v) is 3.46. The van der Waals surface area contributed by atoms with Crippen LogP contribution in [-0.2, 0) is 11.0 Å². The number of carbonyl (C=O) groups excluding carboxylic acids is 2. The molecule has 0 radical (unpaired) electrons. The normalized spacial score (nSPS) is 14.7. The summed E-state index contributed by atoms with van der Waals surface area (Å²) < 4.78 is 43.8. The fourth-order valence-electron chi connectivity index (χ4n) is 3.46. The van der Waals surface area contributed by atoms with E-state index in [9.17, 15) is 22.8 Å². The molecular formula is C22H24F3N3O3. The number of methoxy groups -OCH3 is 1. The molecule has 9 heteroatoms. The molecule has 1 N–H and O–H groups in total. The van der Waals surface area contributed by atoms with E-state index < -0.39 is 11.7 Å². The molecule has 0 bridgehead atoms. The van der Waals surface area contributed by atoms with E-state index >= 15 is 0 Å². The Hall–Kier alpha value is -3.23. The predicted octanol–water partition coefficient (Wildman–Crippen LogP) is 3.50. The average molecular weight is 435 g/mol. The lowest BCUT2D eigenvalue weighted by atomic mass is 10.1. The molecule has 0 atom stereocenters. The number of anilines is 1. The van der Waals surface area contributed by atoms with Crippen LogP contribution in [0.25, 0.3) is 0 Å². The molecule has 1 fully saturated rings. The Morgan fingerprint density at radius 1 is 1.00 bits per heavy atom. The first-order chi connectivity index (χ1) is 14.8. The molecule has 166 valence electrons. The summed E-state index contributed by atoms with van der Waals surface area (Å²) in [6.45, 7) is 1.57. The van der Waals surface area contributed by atoms with Gasteiger partial charge in [-0.05, 0) is 36.8 Å². The van der Waals surface area contributed by atoms with Crippen molar-refractivity contribution in [2.45, 2.75) is 12.6 Å². The second-order valence-corrected chi connectivity index (χ2v) is 7.16. The molecule has 1 heterocycles. The molecule has 0 spiro atoms. The summed E-state index contributed by atoms with van der Waals surface area (Å²) in [6, 6.07) is 11.7. The van der Waals surface area contributed by atoms with E-state index in [-0.39, 0.29) is 24.0 Å². The van der Waals surface area contributed by atoms with Crippen LogP contribution in [0.15, 0.2) is 48.5 Å². The first kappa shape index (κ1) is 22.5. The van der Waals surface area contributed by atoms with Gasteiger partial charge in [-0.15, -0.1) is 0 Å². The highest BCUT2D eigenvalue weighted by molar-refractivity contribution is 5.97. The number of carbonyl (C=O) groups is 2. The minimum absolute atomic E-state index is 0.123. The molecule has 6 nitrogen and oxygen atoms in total. The first-order valence-corrected chi connectivity index (χ1v) is 9.91. The van der Waals surface area contributed by atoms with Gasteiger partial charge in [0.25, 0.3) is 5.91 Å². The van der Waals surface area contributed by atoms with E-state index in [1.807, 2.05) is 0 Å². The standard InChI is InChI=1S/C22H24F3N3O3/c1-31-19-9-3-2-8-18(19)21(30)28-11-5-10-27(12-13-28)20(29)15-26-17-7-4-6-16(14-17)22(23,24)25/h2-4,6-9,14,26H,5,10-13,15H2,1H3. The monoisotopic (exact) mass is 435 g/mol. The molecule has 2 aromatic carbocycles. The Morgan fingerprint density at radius 2 is 1.71 bits per heavy atom. The number of halogens is 3.